The Morgan fingerprint density at radius 2 is 1.67 bits per heavy atom. The summed E-state index contributed by atoms with van der Waals surface area (Å²) in [5.74, 6) is 2.41. The van der Waals surface area contributed by atoms with Crippen molar-refractivity contribution in [2.45, 2.75) is 72.0 Å². The van der Waals surface area contributed by atoms with Crippen molar-refractivity contribution in [2.24, 2.45) is 17.8 Å². The maximum Gasteiger partial charge on any atom is 0.0249 e. The van der Waals surface area contributed by atoms with Gasteiger partial charge in [-0.3, -0.25) is 4.90 Å². The number of hydrogen-bond donors (Lipinski definition) is 1. The Morgan fingerprint density at radius 1 is 1.06 bits per heavy atom. The van der Waals surface area contributed by atoms with Crippen molar-refractivity contribution >= 4 is 0 Å². The van der Waals surface area contributed by atoms with Gasteiger partial charge >= 0.3 is 0 Å². The summed E-state index contributed by atoms with van der Waals surface area (Å²) in [6.45, 7) is 16.8. The number of piperazine rings is 1. The van der Waals surface area contributed by atoms with Crippen LogP contribution in [0.5, 0.6) is 0 Å². The fraction of sp³-hybridized carbons (Fsp3) is 1.00. The van der Waals surface area contributed by atoms with Gasteiger partial charge in [-0.2, -0.15) is 0 Å². The Hall–Kier alpha value is -0.0800. The monoisotopic (exact) mass is 252 g/mol. The molecule has 2 atom stereocenters. The van der Waals surface area contributed by atoms with Gasteiger partial charge in [-0.1, -0.05) is 27.7 Å². The summed E-state index contributed by atoms with van der Waals surface area (Å²) < 4.78 is 0. The normalized spacial score (nSPS) is 31.3. The lowest BCUT2D eigenvalue weighted by Crippen LogP contribution is -2.65. The summed E-state index contributed by atoms with van der Waals surface area (Å²) in [6.07, 6.45) is 2.88. The highest BCUT2D eigenvalue weighted by atomic mass is 15.3. The Labute approximate surface area is 114 Å². The highest BCUT2D eigenvalue weighted by Gasteiger charge is 2.46. The molecule has 2 nitrogen and oxygen atoms in total. The summed E-state index contributed by atoms with van der Waals surface area (Å²) in [4.78, 5) is 2.83. The largest absolute Gasteiger partial charge is 0.311 e. The van der Waals surface area contributed by atoms with E-state index in [1.165, 1.54) is 19.4 Å². The molecule has 0 aromatic heterocycles. The minimum Gasteiger partial charge on any atom is -0.311 e. The molecule has 2 unspecified atom stereocenters. The van der Waals surface area contributed by atoms with Gasteiger partial charge in [0.1, 0.15) is 0 Å². The van der Waals surface area contributed by atoms with Crippen molar-refractivity contribution < 1.29 is 0 Å². The lowest BCUT2D eigenvalue weighted by molar-refractivity contribution is -0.00883. The standard InChI is InChI=1S/C16H32N2/c1-11(2)14-10-18(15(9-17-14)12(3)4)16(5,6)13-7-8-13/h11-15,17H,7-10H2,1-6H3. The molecule has 1 heterocycles. The predicted molar refractivity (Wildman–Crippen MR) is 78.8 cm³/mol. The van der Waals surface area contributed by atoms with E-state index in [1.807, 2.05) is 0 Å². The highest BCUT2D eigenvalue weighted by Crippen LogP contribution is 2.44. The molecule has 2 rings (SSSR count). The van der Waals surface area contributed by atoms with E-state index in [9.17, 15) is 0 Å². The van der Waals surface area contributed by atoms with Crippen LogP contribution in [0.2, 0.25) is 0 Å². The van der Waals surface area contributed by atoms with E-state index in [0.29, 0.717) is 17.6 Å². The second-order valence-corrected chi connectivity index (χ2v) is 7.65. The van der Waals surface area contributed by atoms with Crippen LogP contribution in [0.15, 0.2) is 0 Å². The van der Waals surface area contributed by atoms with Crippen LogP contribution >= 0.6 is 0 Å². The number of rotatable bonds is 4. The molecule has 1 saturated carbocycles. The van der Waals surface area contributed by atoms with Crippen LogP contribution in [0.25, 0.3) is 0 Å². The van der Waals surface area contributed by atoms with E-state index in [1.54, 1.807) is 0 Å². The summed E-state index contributed by atoms with van der Waals surface area (Å²) in [7, 11) is 0. The summed E-state index contributed by atoms with van der Waals surface area (Å²) in [5.41, 5.74) is 0.393. The van der Waals surface area contributed by atoms with E-state index in [4.69, 9.17) is 0 Å². The minimum atomic E-state index is 0.393. The van der Waals surface area contributed by atoms with Crippen LogP contribution in [-0.4, -0.2) is 35.6 Å². The molecular weight excluding hydrogens is 220 g/mol. The predicted octanol–water partition coefficient (Wildman–Crippen LogP) is 3.13. The first-order valence-corrected chi connectivity index (χ1v) is 7.84. The van der Waals surface area contributed by atoms with Gasteiger partial charge in [0, 0.05) is 30.7 Å². The van der Waals surface area contributed by atoms with E-state index < -0.39 is 0 Å². The summed E-state index contributed by atoms with van der Waals surface area (Å²) in [5, 5.41) is 3.77. The van der Waals surface area contributed by atoms with Gasteiger partial charge in [0.2, 0.25) is 0 Å². The van der Waals surface area contributed by atoms with Crippen LogP contribution in [0, 0.1) is 17.8 Å². The fourth-order valence-corrected chi connectivity index (χ4v) is 3.52. The molecule has 0 aromatic rings. The average Bonchev–Trinajstić information content (AvgIpc) is 3.11. The molecule has 106 valence electrons. The Bertz CT molecular complexity index is 279. The molecule has 1 aliphatic heterocycles. The molecular formula is C16H32N2. The van der Waals surface area contributed by atoms with Gasteiger partial charge in [-0.05, 0) is 44.4 Å². The summed E-state index contributed by atoms with van der Waals surface area (Å²) in [6, 6.07) is 1.37. The first kappa shape index (κ1) is 14.3. The number of nitrogens with one attached hydrogen (secondary N) is 1. The molecule has 1 N–H and O–H groups in total. The Morgan fingerprint density at radius 3 is 2.11 bits per heavy atom. The van der Waals surface area contributed by atoms with Crippen LogP contribution in [0.4, 0.5) is 0 Å². The van der Waals surface area contributed by atoms with E-state index in [0.717, 1.165) is 24.3 Å². The van der Waals surface area contributed by atoms with Crippen LogP contribution in [0.1, 0.15) is 54.4 Å². The third kappa shape index (κ3) is 2.75. The zero-order chi connectivity index (χ0) is 13.5. The molecule has 1 saturated heterocycles. The van der Waals surface area contributed by atoms with Gasteiger partial charge in [0.15, 0.2) is 0 Å². The highest BCUT2D eigenvalue weighted by molar-refractivity contribution is 5.02. The second kappa shape index (κ2) is 5.13. The molecule has 0 bridgehead atoms. The van der Waals surface area contributed by atoms with Crippen molar-refractivity contribution in [1.29, 1.82) is 0 Å². The zero-order valence-electron chi connectivity index (χ0n) is 13.2. The van der Waals surface area contributed by atoms with Crippen LogP contribution < -0.4 is 5.32 Å². The van der Waals surface area contributed by atoms with Crippen molar-refractivity contribution in [3.8, 4) is 0 Å². The maximum atomic E-state index is 3.77. The van der Waals surface area contributed by atoms with Gasteiger partial charge in [-0.15, -0.1) is 0 Å². The average molecular weight is 252 g/mol. The molecule has 0 radical (unpaired) electrons. The molecule has 0 spiro atoms. The quantitative estimate of drug-likeness (QED) is 0.827. The van der Waals surface area contributed by atoms with Gasteiger partial charge < -0.3 is 5.32 Å². The van der Waals surface area contributed by atoms with Gasteiger partial charge in [0.05, 0.1) is 0 Å². The van der Waals surface area contributed by atoms with Crippen molar-refractivity contribution in [3.05, 3.63) is 0 Å². The fourth-order valence-electron chi connectivity index (χ4n) is 3.52. The summed E-state index contributed by atoms with van der Waals surface area (Å²) >= 11 is 0. The second-order valence-electron chi connectivity index (χ2n) is 7.65. The van der Waals surface area contributed by atoms with Crippen molar-refractivity contribution in [3.63, 3.8) is 0 Å². The molecule has 0 amide bonds. The third-order valence-electron chi connectivity index (χ3n) is 5.27. The van der Waals surface area contributed by atoms with E-state index in [2.05, 4.69) is 51.8 Å². The first-order valence-electron chi connectivity index (χ1n) is 7.84. The van der Waals surface area contributed by atoms with Gasteiger partial charge in [-0.25, -0.2) is 0 Å². The van der Waals surface area contributed by atoms with E-state index >= 15 is 0 Å². The minimum absolute atomic E-state index is 0.393. The van der Waals surface area contributed by atoms with Crippen molar-refractivity contribution in [2.75, 3.05) is 13.1 Å². The molecule has 2 fully saturated rings. The van der Waals surface area contributed by atoms with Crippen molar-refractivity contribution in [1.82, 2.24) is 10.2 Å². The lowest BCUT2D eigenvalue weighted by atomic mass is 9.86. The molecule has 2 aliphatic rings. The van der Waals surface area contributed by atoms with Crippen LogP contribution in [-0.2, 0) is 0 Å². The number of nitrogens with zero attached hydrogens (tertiary/aromatic N) is 1. The zero-order valence-corrected chi connectivity index (χ0v) is 13.2. The maximum absolute atomic E-state index is 3.77. The van der Waals surface area contributed by atoms with E-state index in [-0.39, 0.29) is 0 Å². The first-order chi connectivity index (χ1) is 8.34. The Balaban J connectivity index is 2.14. The third-order valence-corrected chi connectivity index (χ3v) is 5.27. The lowest BCUT2D eigenvalue weighted by Gasteiger charge is -2.51. The molecule has 1 aliphatic carbocycles. The topological polar surface area (TPSA) is 15.3 Å². The SMILES string of the molecule is CC(C)C1CN(C(C)(C)C2CC2)C(C(C)C)CN1. The van der Waals surface area contributed by atoms with Crippen LogP contribution in [0.3, 0.4) is 0 Å². The smallest absolute Gasteiger partial charge is 0.0249 e. The molecule has 0 aromatic carbocycles. The molecule has 18 heavy (non-hydrogen) atoms. The molecule has 2 heteroatoms. The number of hydrogen-bond acceptors (Lipinski definition) is 2. The van der Waals surface area contributed by atoms with Gasteiger partial charge in [0.25, 0.3) is 0 Å². The Kier molecular flexibility index (Phi) is 4.08.